The molecule has 0 radical (unpaired) electrons. The molecule has 1 saturated heterocycles. The van der Waals surface area contributed by atoms with Crippen LogP contribution in [0.1, 0.15) is 6.42 Å². The third kappa shape index (κ3) is 3.85. The molecule has 2 amide bonds. The number of hydrogen-bond acceptors (Lipinski definition) is 3. The number of carbonyl (C=O) groups excluding carboxylic acids is 2. The van der Waals surface area contributed by atoms with Crippen LogP contribution in [0.5, 0.6) is 5.75 Å². The third-order valence-electron chi connectivity index (χ3n) is 5.14. The van der Waals surface area contributed by atoms with Crippen LogP contribution in [-0.2, 0) is 9.59 Å². The summed E-state index contributed by atoms with van der Waals surface area (Å²) in [5.74, 6) is -0.0299. The third-order valence-corrected chi connectivity index (χ3v) is 5.14. The van der Waals surface area contributed by atoms with Gasteiger partial charge in [-0.25, -0.2) is 0 Å². The molecule has 0 aromatic heterocycles. The second-order valence-electron chi connectivity index (χ2n) is 6.98. The first-order chi connectivity index (χ1) is 14.2. The van der Waals surface area contributed by atoms with E-state index < -0.39 is 5.92 Å². The van der Waals surface area contributed by atoms with E-state index in [4.69, 9.17) is 4.74 Å². The summed E-state index contributed by atoms with van der Waals surface area (Å²) in [7, 11) is 1.57. The Labute approximate surface area is 169 Å². The zero-order chi connectivity index (χ0) is 20.2. The summed E-state index contributed by atoms with van der Waals surface area (Å²) in [6.07, 6.45) is 0.178. The fourth-order valence-corrected chi connectivity index (χ4v) is 3.67. The number of benzene rings is 3. The monoisotopic (exact) mass is 386 g/mol. The van der Waals surface area contributed by atoms with Crippen molar-refractivity contribution in [2.24, 2.45) is 5.92 Å². The summed E-state index contributed by atoms with van der Waals surface area (Å²) in [5.41, 5.74) is 3.42. The van der Waals surface area contributed by atoms with E-state index in [0.29, 0.717) is 18.0 Å². The topological polar surface area (TPSA) is 58.6 Å². The van der Waals surface area contributed by atoms with Gasteiger partial charge in [-0.2, -0.15) is 0 Å². The van der Waals surface area contributed by atoms with E-state index >= 15 is 0 Å². The molecule has 4 rings (SSSR count). The van der Waals surface area contributed by atoms with Crippen molar-refractivity contribution in [3.8, 4) is 16.9 Å². The molecule has 146 valence electrons. The van der Waals surface area contributed by atoms with E-state index in [2.05, 4.69) is 5.32 Å². The Hall–Kier alpha value is -3.60. The highest BCUT2D eigenvalue weighted by atomic mass is 16.5. The number of methoxy groups -OCH3 is 1. The molecular formula is C24H22N2O3. The number of anilines is 2. The van der Waals surface area contributed by atoms with Gasteiger partial charge in [-0.3, -0.25) is 9.59 Å². The Kier molecular flexibility index (Phi) is 5.29. The molecule has 1 unspecified atom stereocenters. The first-order valence-corrected chi connectivity index (χ1v) is 9.56. The number of carbonyl (C=O) groups is 2. The number of ether oxygens (including phenoxy) is 1. The predicted octanol–water partition coefficient (Wildman–Crippen LogP) is 4.35. The second-order valence-corrected chi connectivity index (χ2v) is 6.98. The number of hydrogen-bond donors (Lipinski definition) is 1. The lowest BCUT2D eigenvalue weighted by molar-refractivity contribution is -0.122. The largest absolute Gasteiger partial charge is 0.495 e. The number of amides is 2. The minimum Gasteiger partial charge on any atom is -0.495 e. The fourth-order valence-electron chi connectivity index (χ4n) is 3.67. The minimum atomic E-state index is -0.420. The van der Waals surface area contributed by atoms with Crippen LogP contribution < -0.4 is 15.0 Å². The van der Waals surface area contributed by atoms with E-state index in [-0.39, 0.29) is 18.2 Å². The van der Waals surface area contributed by atoms with E-state index in [1.165, 1.54) is 0 Å². The van der Waals surface area contributed by atoms with Crippen molar-refractivity contribution in [3.63, 3.8) is 0 Å². The number of rotatable bonds is 5. The Bertz CT molecular complexity index is 1030. The number of para-hydroxylation sites is 3. The van der Waals surface area contributed by atoms with Crippen LogP contribution in [0.25, 0.3) is 11.1 Å². The van der Waals surface area contributed by atoms with Crippen LogP contribution in [0.3, 0.4) is 0 Å². The van der Waals surface area contributed by atoms with Gasteiger partial charge in [0.15, 0.2) is 0 Å². The molecule has 29 heavy (non-hydrogen) atoms. The fraction of sp³-hybridized carbons (Fsp3) is 0.167. The molecule has 0 spiro atoms. The number of nitrogens with one attached hydrogen (secondary N) is 1. The maximum absolute atomic E-state index is 13.0. The summed E-state index contributed by atoms with van der Waals surface area (Å²) in [4.78, 5) is 27.2. The number of nitrogens with zero attached hydrogens (tertiary/aromatic N) is 1. The molecule has 5 nitrogen and oxygen atoms in total. The van der Waals surface area contributed by atoms with Crippen LogP contribution in [0.15, 0.2) is 78.9 Å². The van der Waals surface area contributed by atoms with Gasteiger partial charge in [0, 0.05) is 24.2 Å². The maximum atomic E-state index is 13.0. The van der Waals surface area contributed by atoms with Gasteiger partial charge in [-0.05, 0) is 23.8 Å². The highest BCUT2D eigenvalue weighted by molar-refractivity contribution is 6.05. The predicted molar refractivity (Wildman–Crippen MR) is 114 cm³/mol. The summed E-state index contributed by atoms with van der Waals surface area (Å²) >= 11 is 0. The van der Waals surface area contributed by atoms with E-state index in [1.807, 2.05) is 78.9 Å². The molecule has 0 aliphatic carbocycles. The first kappa shape index (κ1) is 18.7. The van der Waals surface area contributed by atoms with Crippen molar-refractivity contribution in [1.29, 1.82) is 0 Å². The smallest absolute Gasteiger partial charge is 0.229 e. The van der Waals surface area contributed by atoms with Gasteiger partial charge in [0.05, 0.1) is 18.7 Å². The van der Waals surface area contributed by atoms with Crippen LogP contribution in [-0.4, -0.2) is 25.5 Å². The SMILES string of the molecule is COc1ccccc1N1CC(C(=O)Nc2ccccc2-c2ccccc2)CC1=O. The molecule has 1 fully saturated rings. The lowest BCUT2D eigenvalue weighted by Gasteiger charge is -2.19. The molecule has 1 aliphatic heterocycles. The quantitative estimate of drug-likeness (QED) is 0.709. The molecule has 0 saturated carbocycles. The van der Waals surface area contributed by atoms with Crippen LogP contribution in [0.2, 0.25) is 0 Å². The van der Waals surface area contributed by atoms with Crippen molar-refractivity contribution in [2.75, 3.05) is 23.9 Å². The van der Waals surface area contributed by atoms with Crippen LogP contribution >= 0.6 is 0 Å². The average molecular weight is 386 g/mol. The van der Waals surface area contributed by atoms with E-state index in [0.717, 1.165) is 16.8 Å². The maximum Gasteiger partial charge on any atom is 0.229 e. The van der Waals surface area contributed by atoms with Crippen LogP contribution in [0, 0.1) is 5.92 Å². The minimum absolute atomic E-state index is 0.0778. The van der Waals surface area contributed by atoms with Crippen molar-refractivity contribution in [2.45, 2.75) is 6.42 Å². The van der Waals surface area contributed by atoms with Crippen molar-refractivity contribution >= 4 is 23.2 Å². The van der Waals surface area contributed by atoms with Gasteiger partial charge >= 0.3 is 0 Å². The van der Waals surface area contributed by atoms with Gasteiger partial charge in [0.25, 0.3) is 0 Å². The molecule has 1 N–H and O–H groups in total. The van der Waals surface area contributed by atoms with Crippen molar-refractivity contribution < 1.29 is 14.3 Å². The Balaban J connectivity index is 1.53. The van der Waals surface area contributed by atoms with Crippen molar-refractivity contribution in [3.05, 3.63) is 78.9 Å². The van der Waals surface area contributed by atoms with Crippen LogP contribution in [0.4, 0.5) is 11.4 Å². The zero-order valence-corrected chi connectivity index (χ0v) is 16.2. The van der Waals surface area contributed by atoms with Gasteiger partial charge < -0.3 is 15.0 Å². The summed E-state index contributed by atoms with van der Waals surface area (Å²) < 4.78 is 5.37. The van der Waals surface area contributed by atoms with Crippen molar-refractivity contribution in [1.82, 2.24) is 0 Å². The molecule has 1 aliphatic rings. The Morgan fingerprint density at radius 1 is 0.966 bits per heavy atom. The van der Waals surface area contributed by atoms with Gasteiger partial charge in [-0.15, -0.1) is 0 Å². The Morgan fingerprint density at radius 3 is 2.45 bits per heavy atom. The lowest BCUT2D eigenvalue weighted by atomic mass is 10.0. The van der Waals surface area contributed by atoms with E-state index in [9.17, 15) is 9.59 Å². The summed E-state index contributed by atoms with van der Waals surface area (Å²) in [5, 5.41) is 3.02. The normalized spacial score (nSPS) is 16.0. The molecule has 5 heteroatoms. The van der Waals surface area contributed by atoms with Gasteiger partial charge in [0.1, 0.15) is 5.75 Å². The first-order valence-electron chi connectivity index (χ1n) is 9.56. The average Bonchev–Trinajstić information content (AvgIpc) is 3.16. The summed E-state index contributed by atoms with van der Waals surface area (Å²) in [6.45, 7) is 0.332. The second kappa shape index (κ2) is 8.19. The Morgan fingerprint density at radius 2 is 1.66 bits per heavy atom. The molecule has 1 atom stereocenters. The lowest BCUT2D eigenvalue weighted by Crippen LogP contribution is -2.28. The highest BCUT2D eigenvalue weighted by Crippen LogP contribution is 2.34. The molecule has 3 aromatic carbocycles. The highest BCUT2D eigenvalue weighted by Gasteiger charge is 2.36. The molecule has 0 bridgehead atoms. The zero-order valence-electron chi connectivity index (χ0n) is 16.2. The molecular weight excluding hydrogens is 364 g/mol. The van der Waals surface area contributed by atoms with Gasteiger partial charge in [0.2, 0.25) is 11.8 Å². The van der Waals surface area contributed by atoms with E-state index in [1.54, 1.807) is 12.0 Å². The molecule has 1 heterocycles. The molecule has 3 aromatic rings. The van der Waals surface area contributed by atoms with Gasteiger partial charge in [-0.1, -0.05) is 60.7 Å². The standard InChI is InChI=1S/C24H22N2O3/c1-29-22-14-8-7-13-21(22)26-16-18(15-23(26)27)24(28)25-20-12-6-5-11-19(20)17-9-3-2-4-10-17/h2-14,18H,15-16H2,1H3,(H,25,28). The summed E-state index contributed by atoms with van der Waals surface area (Å²) in [6, 6.07) is 25.0.